The number of carbonyl (C=O) groups excluding carboxylic acids is 3. The molecule has 0 fully saturated rings. The molecule has 1 rings (SSSR count). The van der Waals surface area contributed by atoms with E-state index in [0.717, 1.165) is 69.6 Å². The summed E-state index contributed by atoms with van der Waals surface area (Å²) in [6.45, 7) is 12.4. The van der Waals surface area contributed by atoms with Crippen molar-refractivity contribution in [3.05, 3.63) is 33.4 Å². The van der Waals surface area contributed by atoms with Crippen molar-refractivity contribution in [1.82, 2.24) is 4.90 Å². The number of nitro groups is 1. The zero-order valence-corrected chi connectivity index (χ0v) is 26.9. The molecule has 12 heteroatoms. The highest BCUT2D eigenvalue weighted by molar-refractivity contribution is 6.01. The number of amides is 1. The van der Waals surface area contributed by atoms with Crippen LogP contribution in [0.2, 0.25) is 0 Å². The molecule has 0 radical (unpaired) electrons. The van der Waals surface area contributed by atoms with Crippen LogP contribution in [0, 0.1) is 33.3 Å². The number of carbonyl (C=O) groups is 3. The lowest BCUT2D eigenvalue weighted by Crippen LogP contribution is -2.31. The van der Waals surface area contributed by atoms with Crippen molar-refractivity contribution in [1.29, 1.82) is 5.26 Å². The van der Waals surface area contributed by atoms with Crippen molar-refractivity contribution in [3.63, 3.8) is 0 Å². The number of benzene rings is 1. The fourth-order valence-corrected chi connectivity index (χ4v) is 4.40. The molecule has 0 aliphatic heterocycles. The Bertz CT molecular complexity index is 1170. The maximum atomic E-state index is 12.8. The van der Waals surface area contributed by atoms with Crippen molar-refractivity contribution >= 4 is 30.0 Å². The van der Waals surface area contributed by atoms with Crippen LogP contribution in [-0.4, -0.2) is 54.3 Å². The predicted octanol–water partition coefficient (Wildman–Crippen LogP) is 7.83. The molecule has 12 nitrogen and oxygen atoms in total. The Morgan fingerprint density at radius 3 is 1.86 bits per heavy atom. The first-order valence-electron chi connectivity index (χ1n) is 15.5. The van der Waals surface area contributed by atoms with Gasteiger partial charge in [-0.1, -0.05) is 66.2 Å². The number of likely N-dealkylation sites (N-methyl/N-ethyl adjacent to an activating group) is 1. The number of hydrogen-bond donors (Lipinski definition) is 0. The Morgan fingerprint density at radius 2 is 1.43 bits per heavy atom. The van der Waals surface area contributed by atoms with E-state index in [1.807, 2.05) is 19.9 Å². The first-order chi connectivity index (χ1) is 21.1. The Balaban J connectivity index is 3.49. The summed E-state index contributed by atoms with van der Waals surface area (Å²) in [7, 11) is 0. The number of nitro benzene ring substituents is 1. The van der Waals surface area contributed by atoms with Crippen LogP contribution in [-0.2, 0) is 14.3 Å². The molecule has 0 aromatic heterocycles. The van der Waals surface area contributed by atoms with Gasteiger partial charge in [-0.15, -0.1) is 0 Å². The molecular formula is C32H47N3O9. The van der Waals surface area contributed by atoms with E-state index < -0.39 is 40.3 Å². The summed E-state index contributed by atoms with van der Waals surface area (Å²) >= 11 is 0. The van der Waals surface area contributed by atoms with Crippen molar-refractivity contribution < 1.29 is 38.3 Å². The third kappa shape index (κ3) is 12.6. The first kappa shape index (κ1) is 37.9. The third-order valence-corrected chi connectivity index (χ3v) is 7.31. The molecule has 0 spiro atoms. The van der Waals surface area contributed by atoms with Gasteiger partial charge in [0, 0.05) is 19.2 Å². The van der Waals surface area contributed by atoms with Gasteiger partial charge >= 0.3 is 18.0 Å². The number of nitrogens with zero attached hydrogens (tertiary/aromatic N) is 3. The molecule has 0 heterocycles. The summed E-state index contributed by atoms with van der Waals surface area (Å²) in [6.07, 6.45) is 5.89. The normalized spacial score (nSPS) is 12.4. The summed E-state index contributed by atoms with van der Waals surface area (Å²) in [4.78, 5) is 50.9. The topological polar surface area (TPSA) is 158 Å². The van der Waals surface area contributed by atoms with Crippen LogP contribution in [0.15, 0.2) is 17.7 Å². The van der Waals surface area contributed by atoms with Gasteiger partial charge in [-0.3, -0.25) is 14.9 Å². The van der Waals surface area contributed by atoms with Crippen molar-refractivity contribution in [2.75, 3.05) is 26.3 Å². The van der Waals surface area contributed by atoms with E-state index in [2.05, 4.69) is 13.8 Å². The third-order valence-electron chi connectivity index (χ3n) is 7.31. The highest BCUT2D eigenvalue weighted by atomic mass is 16.7. The number of ether oxygens (including phenoxy) is 4. The number of nitriles is 1. The fraction of sp³-hybridized carbons (Fsp3) is 0.625. The smallest absolute Gasteiger partial charge is 0.434 e. The molecule has 44 heavy (non-hydrogen) atoms. The predicted molar refractivity (Wildman–Crippen MR) is 165 cm³/mol. The van der Waals surface area contributed by atoms with E-state index >= 15 is 0 Å². The van der Waals surface area contributed by atoms with E-state index in [1.165, 1.54) is 4.90 Å². The van der Waals surface area contributed by atoms with E-state index in [-0.39, 0.29) is 36.2 Å². The monoisotopic (exact) mass is 617 g/mol. The van der Waals surface area contributed by atoms with Gasteiger partial charge in [0.05, 0.1) is 18.1 Å². The molecule has 0 saturated carbocycles. The van der Waals surface area contributed by atoms with Crippen molar-refractivity contribution in [3.8, 4) is 17.6 Å². The lowest BCUT2D eigenvalue weighted by molar-refractivity contribution is -0.385. The molecule has 0 aliphatic rings. The van der Waals surface area contributed by atoms with E-state index in [0.29, 0.717) is 13.1 Å². The summed E-state index contributed by atoms with van der Waals surface area (Å²) in [5, 5.41) is 21.8. The summed E-state index contributed by atoms with van der Waals surface area (Å²) in [6, 6.07) is 4.00. The summed E-state index contributed by atoms with van der Waals surface area (Å²) in [5.41, 5.74) is -1.03. The van der Waals surface area contributed by atoms with Gasteiger partial charge in [-0.25, -0.2) is 9.59 Å². The second kappa shape index (κ2) is 20.7. The highest BCUT2D eigenvalue weighted by Gasteiger charge is 2.28. The molecule has 0 bridgehead atoms. The zero-order valence-electron chi connectivity index (χ0n) is 26.9. The molecule has 0 aliphatic carbocycles. The van der Waals surface area contributed by atoms with Crippen LogP contribution in [0.1, 0.15) is 98.5 Å². The van der Waals surface area contributed by atoms with Gasteiger partial charge in [0.15, 0.2) is 5.75 Å². The minimum absolute atomic E-state index is 0.00253. The van der Waals surface area contributed by atoms with Crippen LogP contribution in [0.5, 0.6) is 11.5 Å². The largest absolute Gasteiger partial charge is 0.514 e. The highest BCUT2D eigenvalue weighted by Crippen LogP contribution is 2.40. The van der Waals surface area contributed by atoms with Crippen LogP contribution >= 0.6 is 0 Å². The molecule has 2 atom stereocenters. The molecule has 0 N–H and O–H groups in total. The Hall–Kier alpha value is -4.14. The van der Waals surface area contributed by atoms with Gasteiger partial charge in [-0.2, -0.15) is 5.26 Å². The molecule has 2 unspecified atom stereocenters. The van der Waals surface area contributed by atoms with Gasteiger partial charge < -0.3 is 23.8 Å². The zero-order chi connectivity index (χ0) is 33.1. The minimum atomic E-state index is -1.20. The van der Waals surface area contributed by atoms with Crippen LogP contribution < -0.4 is 9.47 Å². The first-order valence-corrected chi connectivity index (χ1v) is 15.5. The van der Waals surface area contributed by atoms with E-state index in [9.17, 15) is 29.8 Å². The van der Waals surface area contributed by atoms with Gasteiger partial charge in [0.2, 0.25) is 0 Å². The Kier molecular flexibility index (Phi) is 17.8. The molecular weight excluding hydrogens is 570 g/mol. The van der Waals surface area contributed by atoms with Gasteiger partial charge in [0.25, 0.3) is 11.7 Å². The lowest BCUT2D eigenvalue weighted by atomic mass is 10.0. The van der Waals surface area contributed by atoms with Crippen LogP contribution in [0.25, 0.3) is 6.08 Å². The maximum Gasteiger partial charge on any atom is 0.514 e. The quantitative estimate of drug-likeness (QED) is 0.0374. The van der Waals surface area contributed by atoms with Crippen molar-refractivity contribution in [2.45, 2.75) is 92.9 Å². The second-order valence-electron chi connectivity index (χ2n) is 10.4. The Morgan fingerprint density at radius 1 is 0.909 bits per heavy atom. The SMILES string of the molecule is CCCCC(CC)COC(=O)Oc1cc(/C=C(\C#N)C(=O)N(CC)CC)cc([N+](=O)[O-])c1OC(=O)OCC(CC)CCCC. The molecule has 1 aromatic rings. The average molecular weight is 618 g/mol. The fourth-order valence-electron chi connectivity index (χ4n) is 4.40. The number of unbranched alkanes of at least 4 members (excludes halogenated alkanes) is 2. The minimum Gasteiger partial charge on any atom is -0.434 e. The van der Waals surface area contributed by atoms with Gasteiger partial charge in [0.1, 0.15) is 11.6 Å². The number of rotatable bonds is 19. The lowest BCUT2D eigenvalue weighted by Gasteiger charge is -2.18. The standard InChI is InChI=1S/C32H47N3O9/c1-7-13-15-23(9-3)21-41-31(37)43-28-19-25(17-26(20-33)30(36)34(11-5)12-6)18-27(35(39)40)29(28)44-32(38)42-22-24(10-4)16-14-8-2/h17-19,23-24H,7-16,21-22H2,1-6H3/b26-17+. The van der Waals surface area contributed by atoms with E-state index in [1.54, 1.807) is 13.8 Å². The van der Waals surface area contributed by atoms with Gasteiger partial charge in [-0.05, 0) is 56.2 Å². The second-order valence-corrected chi connectivity index (χ2v) is 10.4. The molecule has 0 saturated heterocycles. The molecule has 1 aromatic carbocycles. The maximum absolute atomic E-state index is 12.8. The number of hydrogen-bond acceptors (Lipinski definition) is 10. The van der Waals surface area contributed by atoms with E-state index in [4.69, 9.17) is 18.9 Å². The molecule has 244 valence electrons. The van der Waals surface area contributed by atoms with Crippen molar-refractivity contribution in [2.24, 2.45) is 11.8 Å². The average Bonchev–Trinajstić information content (AvgIpc) is 3.01. The summed E-state index contributed by atoms with van der Waals surface area (Å²) < 4.78 is 21.1. The Labute approximate surface area is 260 Å². The molecule has 1 amide bonds. The summed E-state index contributed by atoms with van der Waals surface area (Å²) in [5.74, 6) is -1.55. The van der Waals surface area contributed by atoms with Crippen LogP contribution in [0.4, 0.5) is 15.3 Å². The van der Waals surface area contributed by atoms with Crippen LogP contribution in [0.3, 0.4) is 0 Å².